The summed E-state index contributed by atoms with van der Waals surface area (Å²) in [6.45, 7) is 5.91. The van der Waals surface area contributed by atoms with Crippen LogP contribution in [0.5, 0.6) is 5.75 Å². The van der Waals surface area contributed by atoms with E-state index in [0.29, 0.717) is 17.2 Å². The summed E-state index contributed by atoms with van der Waals surface area (Å²) in [6, 6.07) is 3.93. The highest BCUT2D eigenvalue weighted by Crippen LogP contribution is 2.33. The van der Waals surface area contributed by atoms with Crippen molar-refractivity contribution in [3.8, 4) is 17.1 Å². The van der Waals surface area contributed by atoms with Crippen molar-refractivity contribution in [2.45, 2.75) is 38.8 Å². The second kappa shape index (κ2) is 8.26. The highest BCUT2D eigenvalue weighted by atomic mass is 16.3. The van der Waals surface area contributed by atoms with E-state index in [-0.39, 0.29) is 24.4 Å². The number of hydrogen-bond acceptors (Lipinski definition) is 8. The van der Waals surface area contributed by atoms with Crippen molar-refractivity contribution in [2.24, 2.45) is 0 Å². The zero-order chi connectivity index (χ0) is 20.4. The van der Waals surface area contributed by atoms with Gasteiger partial charge in [0.25, 0.3) is 0 Å². The van der Waals surface area contributed by atoms with Crippen LogP contribution in [0.1, 0.15) is 25.3 Å². The predicted octanol–water partition coefficient (Wildman–Crippen LogP) is 2.36. The zero-order valence-electron chi connectivity index (χ0n) is 16.7. The highest BCUT2D eigenvalue weighted by Gasteiger charge is 2.24. The molecule has 0 radical (unpaired) electrons. The number of hydrogen-bond donors (Lipinski definition) is 3. The maximum Gasteiger partial charge on any atom is 0.156 e. The Labute approximate surface area is 169 Å². The third-order valence-electron chi connectivity index (χ3n) is 5.49. The van der Waals surface area contributed by atoms with Gasteiger partial charge in [-0.3, -0.25) is 14.9 Å². The number of aliphatic hydroxyl groups is 1. The topological polar surface area (TPSA) is 107 Å². The first kappa shape index (κ1) is 19.5. The second-order valence-corrected chi connectivity index (χ2v) is 7.71. The Hall–Kier alpha value is -2.84. The van der Waals surface area contributed by atoms with E-state index in [1.807, 2.05) is 19.9 Å². The summed E-state index contributed by atoms with van der Waals surface area (Å²) in [5.41, 5.74) is 1.78. The van der Waals surface area contributed by atoms with Crippen molar-refractivity contribution in [2.75, 3.05) is 25.0 Å². The van der Waals surface area contributed by atoms with Gasteiger partial charge < -0.3 is 15.5 Å². The van der Waals surface area contributed by atoms with Gasteiger partial charge in [0.2, 0.25) is 0 Å². The molecule has 0 spiro atoms. The summed E-state index contributed by atoms with van der Waals surface area (Å²) in [7, 11) is 0. The number of aryl methyl sites for hydroxylation is 1. The molecular weight excluding hydrogens is 368 g/mol. The first-order valence-corrected chi connectivity index (χ1v) is 9.94. The van der Waals surface area contributed by atoms with Crippen molar-refractivity contribution in [3.05, 3.63) is 36.3 Å². The molecule has 0 saturated carbocycles. The number of likely N-dealkylation sites (tertiary alicyclic amines) is 1. The van der Waals surface area contributed by atoms with E-state index in [1.54, 1.807) is 24.7 Å². The fraction of sp³-hybridized carbons (Fsp3) is 0.429. The van der Waals surface area contributed by atoms with E-state index in [0.717, 1.165) is 42.3 Å². The monoisotopic (exact) mass is 394 g/mol. The van der Waals surface area contributed by atoms with Crippen LogP contribution >= 0.6 is 0 Å². The van der Waals surface area contributed by atoms with Crippen LogP contribution in [0.25, 0.3) is 22.2 Å². The Kier molecular flexibility index (Phi) is 5.55. The number of aliphatic hydroxyl groups excluding tert-OH is 1. The minimum atomic E-state index is 0.0751. The molecule has 1 aliphatic heterocycles. The quantitative estimate of drug-likeness (QED) is 0.605. The van der Waals surface area contributed by atoms with E-state index < -0.39 is 0 Å². The predicted molar refractivity (Wildman–Crippen MR) is 112 cm³/mol. The number of aromatic nitrogens is 4. The lowest BCUT2D eigenvalue weighted by Crippen LogP contribution is -2.47. The Bertz CT molecular complexity index is 1010. The number of aromatic hydroxyl groups is 1. The standard InChI is InChI=1S/C21H26N6O2/c1-13-8-18(29)20(23-9-13)19-17-10-22-6-5-16(17)21(26-25-19)24-15-4-3-7-27(11-15)14(2)12-28/h5-6,8-10,14-15,28-29H,3-4,7,11-12H2,1-2H3,(H,24,26). The molecule has 8 heteroatoms. The van der Waals surface area contributed by atoms with Crippen LogP contribution in [0.3, 0.4) is 0 Å². The molecule has 2 atom stereocenters. The van der Waals surface area contributed by atoms with E-state index in [4.69, 9.17) is 0 Å². The molecule has 3 N–H and O–H groups in total. The summed E-state index contributed by atoms with van der Waals surface area (Å²) in [5, 5.41) is 33.8. The summed E-state index contributed by atoms with van der Waals surface area (Å²) in [4.78, 5) is 10.9. The number of nitrogens with zero attached hydrogens (tertiary/aromatic N) is 5. The fourth-order valence-corrected chi connectivity index (χ4v) is 3.85. The molecule has 2 unspecified atom stereocenters. The molecule has 0 bridgehead atoms. The molecule has 0 aromatic carbocycles. The minimum Gasteiger partial charge on any atom is -0.506 e. The molecule has 1 saturated heterocycles. The number of piperidine rings is 1. The van der Waals surface area contributed by atoms with Crippen LogP contribution in [-0.4, -0.2) is 67.1 Å². The first-order chi connectivity index (χ1) is 14.1. The molecule has 3 aromatic heterocycles. The summed E-state index contributed by atoms with van der Waals surface area (Å²) in [5.74, 6) is 0.771. The van der Waals surface area contributed by atoms with Gasteiger partial charge in [0.15, 0.2) is 5.82 Å². The Morgan fingerprint density at radius 2 is 2.10 bits per heavy atom. The van der Waals surface area contributed by atoms with Gasteiger partial charge in [-0.25, -0.2) is 0 Å². The number of fused-ring (bicyclic) bond motifs is 1. The van der Waals surface area contributed by atoms with Crippen molar-refractivity contribution in [3.63, 3.8) is 0 Å². The maximum absolute atomic E-state index is 10.3. The summed E-state index contributed by atoms with van der Waals surface area (Å²) < 4.78 is 0. The first-order valence-electron chi connectivity index (χ1n) is 9.94. The third kappa shape index (κ3) is 3.99. The van der Waals surface area contributed by atoms with Crippen molar-refractivity contribution in [1.82, 2.24) is 25.1 Å². The van der Waals surface area contributed by atoms with E-state index in [9.17, 15) is 10.2 Å². The van der Waals surface area contributed by atoms with Crippen LogP contribution in [0.2, 0.25) is 0 Å². The molecule has 8 nitrogen and oxygen atoms in total. The Morgan fingerprint density at radius 3 is 2.90 bits per heavy atom. The molecule has 4 heterocycles. The number of rotatable bonds is 5. The average molecular weight is 394 g/mol. The number of anilines is 1. The van der Waals surface area contributed by atoms with Crippen LogP contribution in [0.4, 0.5) is 5.82 Å². The van der Waals surface area contributed by atoms with Gasteiger partial charge in [-0.1, -0.05) is 0 Å². The number of nitrogens with one attached hydrogen (secondary N) is 1. The second-order valence-electron chi connectivity index (χ2n) is 7.71. The van der Waals surface area contributed by atoms with Crippen molar-refractivity contribution < 1.29 is 10.2 Å². The molecule has 29 heavy (non-hydrogen) atoms. The van der Waals surface area contributed by atoms with Gasteiger partial charge in [0, 0.05) is 48.0 Å². The molecule has 0 amide bonds. The zero-order valence-corrected chi connectivity index (χ0v) is 16.7. The lowest BCUT2D eigenvalue weighted by molar-refractivity contribution is 0.110. The summed E-state index contributed by atoms with van der Waals surface area (Å²) in [6.07, 6.45) is 7.25. The molecule has 1 fully saturated rings. The maximum atomic E-state index is 10.3. The van der Waals surface area contributed by atoms with Crippen LogP contribution < -0.4 is 5.32 Å². The molecule has 1 aliphatic rings. The van der Waals surface area contributed by atoms with E-state index >= 15 is 0 Å². The van der Waals surface area contributed by atoms with Gasteiger partial charge in [-0.05, 0) is 50.9 Å². The smallest absolute Gasteiger partial charge is 0.156 e. The minimum absolute atomic E-state index is 0.0751. The molecule has 0 aliphatic carbocycles. The van der Waals surface area contributed by atoms with Crippen LogP contribution in [-0.2, 0) is 0 Å². The molecule has 3 aromatic rings. The lowest BCUT2D eigenvalue weighted by Gasteiger charge is -2.36. The van der Waals surface area contributed by atoms with Gasteiger partial charge in [0.1, 0.15) is 17.1 Å². The van der Waals surface area contributed by atoms with E-state index in [2.05, 4.69) is 30.4 Å². The van der Waals surface area contributed by atoms with Gasteiger partial charge in [-0.15, -0.1) is 10.2 Å². The third-order valence-corrected chi connectivity index (χ3v) is 5.49. The highest BCUT2D eigenvalue weighted by molar-refractivity contribution is 5.99. The molecule has 152 valence electrons. The normalized spacial score (nSPS) is 18.7. The van der Waals surface area contributed by atoms with Gasteiger partial charge >= 0.3 is 0 Å². The van der Waals surface area contributed by atoms with Crippen LogP contribution in [0.15, 0.2) is 30.7 Å². The SMILES string of the molecule is Cc1cnc(-c2nnc(NC3CCCN(C(C)CO)C3)c3ccncc23)c(O)c1. The molecular formula is C21H26N6O2. The average Bonchev–Trinajstić information content (AvgIpc) is 2.74. The summed E-state index contributed by atoms with van der Waals surface area (Å²) >= 11 is 0. The lowest BCUT2D eigenvalue weighted by atomic mass is 10.0. The largest absolute Gasteiger partial charge is 0.506 e. The van der Waals surface area contributed by atoms with Crippen molar-refractivity contribution >= 4 is 16.6 Å². The van der Waals surface area contributed by atoms with E-state index in [1.165, 1.54) is 0 Å². The Morgan fingerprint density at radius 1 is 1.24 bits per heavy atom. The fourth-order valence-electron chi connectivity index (χ4n) is 3.85. The number of pyridine rings is 2. The van der Waals surface area contributed by atoms with Gasteiger partial charge in [0.05, 0.1) is 6.61 Å². The Balaban J connectivity index is 1.67. The van der Waals surface area contributed by atoms with Gasteiger partial charge in [-0.2, -0.15) is 0 Å². The van der Waals surface area contributed by atoms with Crippen LogP contribution in [0, 0.1) is 6.92 Å². The molecule has 4 rings (SSSR count). The van der Waals surface area contributed by atoms with Crippen molar-refractivity contribution in [1.29, 1.82) is 0 Å².